The van der Waals surface area contributed by atoms with Crippen LogP contribution in [0.1, 0.15) is 42.5 Å². The predicted molar refractivity (Wildman–Crippen MR) is 124 cm³/mol. The van der Waals surface area contributed by atoms with E-state index in [0.717, 1.165) is 32.1 Å². The fourth-order valence-corrected chi connectivity index (χ4v) is 5.28. The minimum Gasteiger partial charge on any atom is -0.324 e. The molecule has 1 heterocycles. The van der Waals surface area contributed by atoms with Gasteiger partial charge in [-0.05, 0) is 43.2 Å². The van der Waals surface area contributed by atoms with Crippen LogP contribution >= 0.6 is 11.8 Å². The number of carbonyl (C=O) groups is 3. The summed E-state index contributed by atoms with van der Waals surface area (Å²) in [6.45, 7) is 0. The summed E-state index contributed by atoms with van der Waals surface area (Å²) >= 11 is 1.51. The van der Waals surface area contributed by atoms with E-state index in [0.29, 0.717) is 22.9 Å². The average Bonchev–Trinajstić information content (AvgIpc) is 3.32. The molecule has 6 nitrogen and oxygen atoms in total. The van der Waals surface area contributed by atoms with Gasteiger partial charge in [0.05, 0.1) is 11.6 Å². The Bertz CT molecular complexity index is 995. The summed E-state index contributed by atoms with van der Waals surface area (Å²) < 4.78 is 14.3. The van der Waals surface area contributed by atoms with E-state index < -0.39 is 11.9 Å². The standard InChI is InChI=1S/C24H26FN3O3S/c25-19-12-11-18(13-20(19)27-22(29)16-7-3-1-4-8-16)26-23(30)21-14-32-15-28(21)24(31)17-9-5-2-6-10-17/h2,5-6,9-13,16,21H,1,3-4,7-8,14-15H2,(H,26,30)(H,27,29)/t21-/m0/s1. The van der Waals surface area contributed by atoms with Crippen LogP contribution in [0, 0.1) is 11.7 Å². The lowest BCUT2D eigenvalue weighted by Gasteiger charge is -2.23. The summed E-state index contributed by atoms with van der Waals surface area (Å²) in [6, 6.07) is 12.3. The van der Waals surface area contributed by atoms with Crippen molar-refractivity contribution in [2.75, 3.05) is 22.3 Å². The minimum atomic E-state index is -0.627. The molecule has 0 bridgehead atoms. The van der Waals surface area contributed by atoms with Crippen LogP contribution in [0.2, 0.25) is 0 Å². The predicted octanol–water partition coefficient (Wildman–Crippen LogP) is 4.50. The van der Waals surface area contributed by atoms with Gasteiger partial charge in [-0.2, -0.15) is 0 Å². The molecule has 0 aromatic heterocycles. The number of hydrogen-bond donors (Lipinski definition) is 2. The van der Waals surface area contributed by atoms with Crippen molar-refractivity contribution in [1.82, 2.24) is 4.90 Å². The maximum absolute atomic E-state index is 14.3. The van der Waals surface area contributed by atoms with Crippen molar-refractivity contribution in [3.8, 4) is 0 Å². The first-order valence-corrected chi connectivity index (χ1v) is 12.0. The van der Waals surface area contributed by atoms with Gasteiger partial charge in [0.15, 0.2) is 0 Å². The Morgan fingerprint density at radius 3 is 2.44 bits per heavy atom. The van der Waals surface area contributed by atoms with Gasteiger partial charge in [0.1, 0.15) is 11.9 Å². The first kappa shape index (κ1) is 22.3. The Morgan fingerprint density at radius 1 is 0.938 bits per heavy atom. The number of benzene rings is 2. The monoisotopic (exact) mass is 455 g/mol. The molecule has 3 amide bonds. The van der Waals surface area contributed by atoms with Gasteiger partial charge in [0.25, 0.3) is 5.91 Å². The number of rotatable bonds is 5. The summed E-state index contributed by atoms with van der Waals surface area (Å²) in [4.78, 5) is 39.8. The molecule has 2 aromatic rings. The molecular weight excluding hydrogens is 429 g/mol. The Labute approximate surface area is 190 Å². The van der Waals surface area contributed by atoms with Crippen LogP contribution in [0.15, 0.2) is 48.5 Å². The van der Waals surface area contributed by atoms with Crippen LogP contribution < -0.4 is 10.6 Å². The number of carbonyl (C=O) groups excluding carboxylic acids is 3. The molecule has 0 radical (unpaired) electrons. The van der Waals surface area contributed by atoms with E-state index in [1.807, 2.05) is 6.07 Å². The van der Waals surface area contributed by atoms with Crippen molar-refractivity contribution >= 4 is 40.9 Å². The summed E-state index contributed by atoms with van der Waals surface area (Å²) in [5.74, 6) is -0.460. The third-order valence-corrected chi connectivity index (χ3v) is 6.95. The van der Waals surface area contributed by atoms with Gasteiger partial charge in [0, 0.05) is 22.9 Å². The minimum absolute atomic E-state index is 0.0522. The zero-order chi connectivity index (χ0) is 22.5. The largest absolute Gasteiger partial charge is 0.324 e. The molecule has 1 aliphatic heterocycles. The van der Waals surface area contributed by atoms with E-state index in [2.05, 4.69) is 10.6 Å². The molecule has 1 atom stereocenters. The first-order valence-electron chi connectivity index (χ1n) is 10.9. The fraction of sp³-hybridized carbons (Fsp3) is 0.375. The van der Waals surface area contributed by atoms with Crippen molar-refractivity contribution in [1.29, 1.82) is 0 Å². The molecule has 0 spiro atoms. The molecule has 4 rings (SSSR count). The molecule has 168 valence electrons. The Hall–Kier alpha value is -2.87. The molecular formula is C24H26FN3O3S. The second-order valence-corrected chi connectivity index (χ2v) is 9.16. The zero-order valence-corrected chi connectivity index (χ0v) is 18.5. The normalized spacial score (nSPS) is 18.9. The highest BCUT2D eigenvalue weighted by molar-refractivity contribution is 7.99. The number of halogens is 1. The zero-order valence-electron chi connectivity index (χ0n) is 17.7. The second kappa shape index (κ2) is 10.2. The summed E-state index contributed by atoms with van der Waals surface area (Å²) in [6.07, 6.45) is 4.77. The van der Waals surface area contributed by atoms with Crippen LogP contribution in [0.3, 0.4) is 0 Å². The van der Waals surface area contributed by atoms with Crippen molar-refractivity contribution in [2.45, 2.75) is 38.1 Å². The van der Waals surface area contributed by atoms with Gasteiger partial charge in [-0.3, -0.25) is 14.4 Å². The van der Waals surface area contributed by atoms with Crippen LogP contribution in [-0.4, -0.2) is 40.3 Å². The van der Waals surface area contributed by atoms with E-state index in [1.54, 1.807) is 29.2 Å². The van der Waals surface area contributed by atoms with Crippen LogP contribution in [0.5, 0.6) is 0 Å². The molecule has 0 unspecified atom stereocenters. The highest BCUT2D eigenvalue weighted by Gasteiger charge is 2.35. The van der Waals surface area contributed by atoms with Crippen molar-refractivity contribution in [3.63, 3.8) is 0 Å². The van der Waals surface area contributed by atoms with Crippen molar-refractivity contribution in [3.05, 3.63) is 59.9 Å². The third-order valence-electron chi connectivity index (χ3n) is 5.93. The van der Waals surface area contributed by atoms with Gasteiger partial charge < -0.3 is 15.5 Å². The van der Waals surface area contributed by atoms with Gasteiger partial charge in [0.2, 0.25) is 11.8 Å². The number of amides is 3. The van der Waals surface area contributed by atoms with Gasteiger partial charge >= 0.3 is 0 Å². The summed E-state index contributed by atoms with van der Waals surface area (Å²) in [7, 11) is 0. The van der Waals surface area contributed by atoms with Crippen molar-refractivity contribution < 1.29 is 18.8 Å². The van der Waals surface area contributed by atoms with Crippen LogP contribution in [-0.2, 0) is 9.59 Å². The van der Waals surface area contributed by atoms with E-state index in [-0.39, 0.29) is 29.3 Å². The van der Waals surface area contributed by atoms with Crippen LogP contribution in [0.4, 0.5) is 15.8 Å². The lowest BCUT2D eigenvalue weighted by molar-refractivity contribution is -0.121. The average molecular weight is 456 g/mol. The lowest BCUT2D eigenvalue weighted by atomic mass is 9.88. The van der Waals surface area contributed by atoms with E-state index in [9.17, 15) is 18.8 Å². The molecule has 2 fully saturated rings. The van der Waals surface area contributed by atoms with E-state index in [4.69, 9.17) is 0 Å². The van der Waals surface area contributed by atoms with E-state index >= 15 is 0 Å². The quantitative estimate of drug-likeness (QED) is 0.696. The number of nitrogens with zero attached hydrogens (tertiary/aromatic N) is 1. The smallest absolute Gasteiger partial charge is 0.255 e. The highest BCUT2D eigenvalue weighted by atomic mass is 32.2. The lowest BCUT2D eigenvalue weighted by Crippen LogP contribution is -2.44. The maximum atomic E-state index is 14.3. The highest BCUT2D eigenvalue weighted by Crippen LogP contribution is 2.28. The molecule has 1 saturated heterocycles. The molecule has 2 aromatic carbocycles. The van der Waals surface area contributed by atoms with E-state index in [1.165, 1.54) is 30.0 Å². The maximum Gasteiger partial charge on any atom is 0.255 e. The first-order chi connectivity index (χ1) is 15.5. The number of hydrogen-bond acceptors (Lipinski definition) is 4. The molecule has 8 heteroatoms. The Morgan fingerprint density at radius 2 is 1.69 bits per heavy atom. The van der Waals surface area contributed by atoms with Gasteiger partial charge in [-0.25, -0.2) is 4.39 Å². The fourth-order valence-electron chi connectivity index (χ4n) is 4.13. The molecule has 1 aliphatic carbocycles. The molecule has 2 N–H and O–H groups in total. The third kappa shape index (κ3) is 5.12. The topological polar surface area (TPSA) is 78.5 Å². The Kier molecular flexibility index (Phi) is 7.09. The molecule has 32 heavy (non-hydrogen) atoms. The van der Waals surface area contributed by atoms with Gasteiger partial charge in [-0.1, -0.05) is 37.5 Å². The number of nitrogens with one attached hydrogen (secondary N) is 2. The van der Waals surface area contributed by atoms with Gasteiger partial charge in [-0.15, -0.1) is 11.8 Å². The summed E-state index contributed by atoms with van der Waals surface area (Å²) in [5, 5.41) is 5.45. The SMILES string of the molecule is O=C(Nc1cc(NC(=O)[C@@H]2CSCN2C(=O)c2ccccc2)ccc1F)C1CCCCC1. The molecule has 1 saturated carbocycles. The Balaban J connectivity index is 1.43. The molecule has 2 aliphatic rings. The van der Waals surface area contributed by atoms with Crippen LogP contribution in [0.25, 0.3) is 0 Å². The summed E-state index contributed by atoms with van der Waals surface area (Å²) in [5.41, 5.74) is 0.957. The van der Waals surface area contributed by atoms with Crippen molar-refractivity contribution in [2.24, 2.45) is 5.92 Å². The number of thioether (sulfide) groups is 1. The second-order valence-electron chi connectivity index (χ2n) is 8.16. The number of anilines is 2.